The van der Waals surface area contributed by atoms with Crippen molar-refractivity contribution in [1.29, 1.82) is 0 Å². The average Bonchev–Trinajstić information content (AvgIpc) is 3.03. The standard InChI is InChI=1S/C18H23N3O4S/c1-13(2)11-21-8-7-20-12-16(10-17(20)18(21)22)26(23,24)19-14-5-4-6-15(9-14)25-3/h4-6,9-10,12-13,19H,7-8,11H2,1-3H3. The van der Waals surface area contributed by atoms with Gasteiger partial charge in [0, 0.05) is 31.9 Å². The maximum Gasteiger partial charge on any atom is 0.270 e. The van der Waals surface area contributed by atoms with E-state index in [2.05, 4.69) is 18.6 Å². The first-order valence-electron chi connectivity index (χ1n) is 8.46. The number of carbonyl (C=O) groups excluding carboxylic acids is 1. The van der Waals surface area contributed by atoms with Gasteiger partial charge in [-0.1, -0.05) is 19.9 Å². The van der Waals surface area contributed by atoms with Gasteiger partial charge in [0.2, 0.25) is 0 Å². The van der Waals surface area contributed by atoms with Crippen LogP contribution in [-0.4, -0.2) is 44.0 Å². The number of anilines is 1. The fourth-order valence-electron chi connectivity index (χ4n) is 3.00. The van der Waals surface area contributed by atoms with Crippen molar-refractivity contribution in [2.24, 2.45) is 5.92 Å². The molecule has 2 aromatic rings. The molecule has 1 aromatic heterocycles. The van der Waals surface area contributed by atoms with E-state index in [-0.39, 0.29) is 10.8 Å². The Bertz CT molecular complexity index is 918. The van der Waals surface area contributed by atoms with Crippen LogP contribution >= 0.6 is 0 Å². The Morgan fingerprint density at radius 2 is 2.00 bits per heavy atom. The Labute approximate surface area is 153 Å². The molecule has 0 atom stereocenters. The maximum atomic E-state index is 12.7. The predicted molar refractivity (Wildman–Crippen MR) is 99.0 cm³/mol. The summed E-state index contributed by atoms with van der Waals surface area (Å²) in [5.41, 5.74) is 0.809. The van der Waals surface area contributed by atoms with Crippen molar-refractivity contribution >= 4 is 21.6 Å². The minimum absolute atomic E-state index is 0.0788. The van der Waals surface area contributed by atoms with Crippen LogP contribution in [0.1, 0.15) is 24.3 Å². The summed E-state index contributed by atoms with van der Waals surface area (Å²) in [5, 5.41) is 0. The second kappa shape index (κ2) is 7.03. The Morgan fingerprint density at radius 3 is 2.69 bits per heavy atom. The number of ether oxygens (including phenoxy) is 1. The van der Waals surface area contributed by atoms with E-state index in [0.717, 1.165) is 0 Å². The Hall–Kier alpha value is -2.48. The van der Waals surface area contributed by atoms with Gasteiger partial charge in [-0.15, -0.1) is 0 Å². The molecule has 2 heterocycles. The number of hydrogen-bond donors (Lipinski definition) is 1. The summed E-state index contributed by atoms with van der Waals surface area (Å²) in [6, 6.07) is 8.12. The van der Waals surface area contributed by atoms with Crippen LogP contribution in [0.2, 0.25) is 0 Å². The Morgan fingerprint density at radius 1 is 1.23 bits per heavy atom. The molecule has 0 bridgehead atoms. The molecule has 0 fully saturated rings. The number of rotatable bonds is 6. The van der Waals surface area contributed by atoms with Crippen molar-refractivity contribution in [3.63, 3.8) is 0 Å². The van der Waals surface area contributed by atoms with E-state index in [1.807, 2.05) is 0 Å². The molecule has 140 valence electrons. The lowest BCUT2D eigenvalue weighted by atomic mass is 10.2. The van der Waals surface area contributed by atoms with E-state index in [0.29, 0.717) is 42.7 Å². The second-order valence-corrected chi connectivity index (χ2v) is 8.42. The molecule has 0 aliphatic carbocycles. The van der Waals surface area contributed by atoms with Crippen LogP contribution in [0.5, 0.6) is 5.75 Å². The lowest BCUT2D eigenvalue weighted by Crippen LogP contribution is -2.41. The molecule has 0 unspecified atom stereocenters. The minimum Gasteiger partial charge on any atom is -0.497 e. The van der Waals surface area contributed by atoms with Crippen molar-refractivity contribution in [1.82, 2.24) is 9.47 Å². The Balaban J connectivity index is 1.85. The topological polar surface area (TPSA) is 80.6 Å². The molecule has 3 rings (SSSR count). The first-order valence-corrected chi connectivity index (χ1v) is 9.95. The van der Waals surface area contributed by atoms with Crippen molar-refractivity contribution in [2.75, 3.05) is 24.9 Å². The highest BCUT2D eigenvalue weighted by molar-refractivity contribution is 7.92. The largest absolute Gasteiger partial charge is 0.497 e. The van der Waals surface area contributed by atoms with Crippen LogP contribution < -0.4 is 9.46 Å². The van der Waals surface area contributed by atoms with E-state index in [4.69, 9.17) is 4.74 Å². The molecule has 1 amide bonds. The number of benzene rings is 1. The number of fused-ring (bicyclic) bond motifs is 1. The van der Waals surface area contributed by atoms with Gasteiger partial charge in [0.25, 0.3) is 15.9 Å². The molecule has 7 nitrogen and oxygen atoms in total. The molecular weight excluding hydrogens is 354 g/mol. The van der Waals surface area contributed by atoms with Gasteiger partial charge in [0.1, 0.15) is 16.3 Å². The second-order valence-electron chi connectivity index (χ2n) is 6.74. The van der Waals surface area contributed by atoms with Gasteiger partial charge >= 0.3 is 0 Å². The highest BCUT2D eigenvalue weighted by atomic mass is 32.2. The zero-order chi connectivity index (χ0) is 18.9. The number of carbonyl (C=O) groups is 1. The highest BCUT2D eigenvalue weighted by Gasteiger charge is 2.28. The molecule has 0 saturated carbocycles. The van der Waals surface area contributed by atoms with Crippen LogP contribution in [0.4, 0.5) is 5.69 Å². The van der Waals surface area contributed by atoms with Crippen molar-refractivity contribution in [3.05, 3.63) is 42.2 Å². The molecule has 0 spiro atoms. The normalized spacial score (nSPS) is 14.5. The van der Waals surface area contributed by atoms with Gasteiger partial charge in [-0.2, -0.15) is 0 Å². The molecule has 0 saturated heterocycles. The van der Waals surface area contributed by atoms with Gasteiger partial charge in [0.05, 0.1) is 12.8 Å². The lowest BCUT2D eigenvalue weighted by molar-refractivity contribution is 0.0683. The number of hydrogen-bond acceptors (Lipinski definition) is 4. The maximum absolute atomic E-state index is 12.7. The smallest absolute Gasteiger partial charge is 0.270 e. The number of nitrogens with one attached hydrogen (secondary N) is 1. The first-order chi connectivity index (χ1) is 12.3. The third-order valence-corrected chi connectivity index (χ3v) is 5.55. The van der Waals surface area contributed by atoms with Crippen molar-refractivity contribution in [2.45, 2.75) is 25.3 Å². The number of sulfonamides is 1. The zero-order valence-corrected chi connectivity index (χ0v) is 15.9. The SMILES string of the molecule is COc1cccc(NS(=O)(=O)c2cc3n(c2)CCN(CC(C)C)C3=O)c1. The van der Waals surface area contributed by atoms with Gasteiger partial charge in [-0.3, -0.25) is 9.52 Å². The van der Waals surface area contributed by atoms with Gasteiger partial charge in [0.15, 0.2) is 0 Å². The van der Waals surface area contributed by atoms with Crippen LogP contribution in [0.3, 0.4) is 0 Å². The molecule has 1 aromatic carbocycles. The van der Waals surface area contributed by atoms with E-state index in [1.165, 1.54) is 19.4 Å². The third kappa shape index (κ3) is 3.70. The van der Waals surface area contributed by atoms with Crippen molar-refractivity contribution in [3.8, 4) is 5.75 Å². The molecule has 0 radical (unpaired) electrons. The molecule has 1 aliphatic heterocycles. The van der Waals surface area contributed by atoms with E-state index in [9.17, 15) is 13.2 Å². The highest BCUT2D eigenvalue weighted by Crippen LogP contribution is 2.24. The quantitative estimate of drug-likeness (QED) is 0.838. The minimum atomic E-state index is -3.79. The van der Waals surface area contributed by atoms with E-state index in [1.54, 1.807) is 33.7 Å². The fourth-order valence-corrected chi connectivity index (χ4v) is 4.09. The average molecular weight is 377 g/mol. The fraction of sp³-hybridized carbons (Fsp3) is 0.389. The summed E-state index contributed by atoms with van der Waals surface area (Å²) in [4.78, 5) is 14.5. The number of nitrogens with zero attached hydrogens (tertiary/aromatic N) is 2. The Kier molecular flexibility index (Phi) is 4.95. The van der Waals surface area contributed by atoms with Gasteiger partial charge in [-0.25, -0.2) is 8.42 Å². The molecular formula is C18H23N3O4S. The van der Waals surface area contributed by atoms with Gasteiger partial charge in [-0.05, 0) is 24.1 Å². The summed E-state index contributed by atoms with van der Waals surface area (Å²) >= 11 is 0. The summed E-state index contributed by atoms with van der Waals surface area (Å²) in [5.74, 6) is 0.784. The van der Waals surface area contributed by atoms with Crippen LogP contribution in [0.15, 0.2) is 41.4 Å². The van der Waals surface area contributed by atoms with Crippen molar-refractivity contribution < 1.29 is 17.9 Å². The summed E-state index contributed by atoms with van der Waals surface area (Å²) in [6.07, 6.45) is 1.52. The summed E-state index contributed by atoms with van der Waals surface area (Å²) in [6.45, 7) is 5.93. The molecule has 1 aliphatic rings. The molecule has 8 heteroatoms. The molecule has 1 N–H and O–H groups in total. The third-order valence-electron chi connectivity index (χ3n) is 4.21. The number of amides is 1. The van der Waals surface area contributed by atoms with Gasteiger partial charge < -0.3 is 14.2 Å². The van der Waals surface area contributed by atoms with E-state index >= 15 is 0 Å². The summed E-state index contributed by atoms with van der Waals surface area (Å²) in [7, 11) is -2.28. The lowest BCUT2D eigenvalue weighted by Gasteiger charge is -2.29. The van der Waals surface area contributed by atoms with Crippen LogP contribution in [-0.2, 0) is 16.6 Å². The van der Waals surface area contributed by atoms with Crippen LogP contribution in [0, 0.1) is 5.92 Å². The number of aromatic nitrogens is 1. The summed E-state index contributed by atoms with van der Waals surface area (Å²) < 4.78 is 34.7. The number of methoxy groups -OCH3 is 1. The zero-order valence-electron chi connectivity index (χ0n) is 15.1. The van der Waals surface area contributed by atoms with E-state index < -0.39 is 10.0 Å². The predicted octanol–water partition coefficient (Wildman–Crippen LogP) is 2.41. The molecule has 26 heavy (non-hydrogen) atoms. The van der Waals surface area contributed by atoms with Crippen LogP contribution in [0.25, 0.3) is 0 Å². The first kappa shape index (κ1) is 18.3. The monoisotopic (exact) mass is 377 g/mol.